The number of alkyl halides is 3. The van der Waals surface area contributed by atoms with E-state index in [0.717, 1.165) is 23.5 Å². The Morgan fingerprint density at radius 2 is 2.03 bits per heavy atom. The zero-order chi connectivity index (χ0) is 22.2. The van der Waals surface area contributed by atoms with Crippen LogP contribution in [0.5, 0.6) is 0 Å². The molecule has 0 saturated heterocycles. The van der Waals surface area contributed by atoms with Crippen molar-refractivity contribution in [3.63, 3.8) is 0 Å². The summed E-state index contributed by atoms with van der Waals surface area (Å²) in [4.78, 5) is 13.2. The predicted molar refractivity (Wildman–Crippen MR) is 109 cm³/mol. The van der Waals surface area contributed by atoms with Crippen LogP contribution in [0.15, 0.2) is 54.9 Å². The van der Waals surface area contributed by atoms with Crippen LogP contribution in [-0.2, 0) is 17.5 Å². The van der Waals surface area contributed by atoms with Gasteiger partial charge in [-0.3, -0.25) is 4.79 Å². The molecule has 0 aliphatic heterocycles. The number of aromatic nitrogens is 2. The molecule has 1 N–H and O–H groups in total. The highest BCUT2D eigenvalue weighted by Gasteiger charge is 2.32. The van der Waals surface area contributed by atoms with Crippen molar-refractivity contribution in [1.82, 2.24) is 9.78 Å². The molecular formula is C21H15F4N3O2S. The quantitative estimate of drug-likeness (QED) is 0.401. The van der Waals surface area contributed by atoms with E-state index in [1.165, 1.54) is 36.2 Å². The van der Waals surface area contributed by atoms with E-state index in [1.54, 1.807) is 18.3 Å². The minimum Gasteiger partial charge on any atom is -0.380 e. The highest BCUT2D eigenvalue weighted by Crippen LogP contribution is 2.36. The standard InChI is InChI=1S/C21H15F4N3O2S/c1-30-11-13-18-14(22)4-2-5-17(18)31-19(13)20(29)27-15-10-12(21(23,24)25)6-7-16(15)28-9-3-8-26-28/h2-10H,11H2,1H3,(H,27,29). The highest BCUT2D eigenvalue weighted by atomic mass is 32.1. The Kier molecular flexibility index (Phi) is 5.50. The number of methoxy groups -OCH3 is 1. The third kappa shape index (κ3) is 4.04. The molecule has 4 aromatic rings. The van der Waals surface area contributed by atoms with Crippen molar-refractivity contribution < 1.29 is 27.1 Å². The monoisotopic (exact) mass is 449 g/mol. The van der Waals surface area contributed by atoms with Crippen LogP contribution < -0.4 is 5.32 Å². The van der Waals surface area contributed by atoms with Crippen LogP contribution in [0.1, 0.15) is 20.8 Å². The summed E-state index contributed by atoms with van der Waals surface area (Å²) in [6.07, 6.45) is -1.58. The summed E-state index contributed by atoms with van der Waals surface area (Å²) in [5.74, 6) is -1.17. The van der Waals surface area contributed by atoms with Crippen molar-refractivity contribution in [2.24, 2.45) is 0 Å². The zero-order valence-corrected chi connectivity index (χ0v) is 16.9. The summed E-state index contributed by atoms with van der Waals surface area (Å²) >= 11 is 1.04. The Hall–Kier alpha value is -3.24. The number of anilines is 1. The maximum Gasteiger partial charge on any atom is 0.416 e. The molecule has 0 fully saturated rings. The number of fused-ring (bicyclic) bond motifs is 1. The van der Waals surface area contributed by atoms with Gasteiger partial charge in [0.2, 0.25) is 0 Å². The number of amides is 1. The minimum absolute atomic E-state index is 0.0295. The molecule has 0 atom stereocenters. The number of ether oxygens (including phenoxy) is 1. The summed E-state index contributed by atoms with van der Waals surface area (Å²) in [5, 5.41) is 6.83. The first-order chi connectivity index (χ1) is 14.8. The van der Waals surface area contributed by atoms with Crippen LogP contribution in [0.25, 0.3) is 15.8 Å². The lowest BCUT2D eigenvalue weighted by atomic mass is 10.1. The van der Waals surface area contributed by atoms with E-state index in [-0.39, 0.29) is 28.2 Å². The zero-order valence-electron chi connectivity index (χ0n) is 16.0. The van der Waals surface area contributed by atoms with Gasteiger partial charge < -0.3 is 10.1 Å². The van der Waals surface area contributed by atoms with Crippen LogP contribution in [0.4, 0.5) is 23.2 Å². The first-order valence-electron chi connectivity index (χ1n) is 9.01. The number of thiophene rings is 1. The molecule has 2 heterocycles. The second kappa shape index (κ2) is 8.12. The van der Waals surface area contributed by atoms with Gasteiger partial charge >= 0.3 is 6.18 Å². The molecule has 2 aromatic heterocycles. The van der Waals surface area contributed by atoms with Gasteiger partial charge in [-0.15, -0.1) is 11.3 Å². The van der Waals surface area contributed by atoms with Gasteiger partial charge in [0.05, 0.1) is 28.4 Å². The number of nitrogens with one attached hydrogen (secondary N) is 1. The Balaban J connectivity index is 1.80. The van der Waals surface area contributed by atoms with Crippen LogP contribution >= 0.6 is 11.3 Å². The molecule has 31 heavy (non-hydrogen) atoms. The Labute approximate surface area is 177 Å². The van der Waals surface area contributed by atoms with Gasteiger partial charge in [-0.05, 0) is 36.4 Å². The first kappa shape index (κ1) is 21.0. The number of carbonyl (C=O) groups excluding carboxylic acids is 1. The molecular weight excluding hydrogens is 434 g/mol. The molecule has 2 aromatic carbocycles. The van der Waals surface area contributed by atoms with Crippen molar-refractivity contribution in [3.05, 3.63) is 76.7 Å². The molecule has 0 radical (unpaired) electrons. The van der Waals surface area contributed by atoms with Crippen molar-refractivity contribution in [2.75, 3.05) is 12.4 Å². The molecule has 0 aliphatic rings. The second-order valence-corrected chi connectivity index (χ2v) is 7.64. The van der Waals surface area contributed by atoms with Gasteiger partial charge in [-0.2, -0.15) is 18.3 Å². The lowest BCUT2D eigenvalue weighted by molar-refractivity contribution is -0.137. The average molecular weight is 449 g/mol. The van der Waals surface area contributed by atoms with Gasteiger partial charge in [-0.25, -0.2) is 9.07 Å². The van der Waals surface area contributed by atoms with E-state index in [4.69, 9.17) is 4.74 Å². The third-order valence-electron chi connectivity index (χ3n) is 4.58. The van der Waals surface area contributed by atoms with E-state index in [0.29, 0.717) is 10.3 Å². The van der Waals surface area contributed by atoms with Gasteiger partial charge in [0.25, 0.3) is 5.91 Å². The largest absolute Gasteiger partial charge is 0.416 e. The molecule has 160 valence electrons. The minimum atomic E-state index is -4.59. The van der Waals surface area contributed by atoms with Crippen LogP contribution in [0.2, 0.25) is 0 Å². The van der Waals surface area contributed by atoms with Crippen molar-refractivity contribution in [1.29, 1.82) is 0 Å². The fourth-order valence-electron chi connectivity index (χ4n) is 3.24. The molecule has 0 unspecified atom stereocenters. The van der Waals surface area contributed by atoms with Crippen molar-refractivity contribution in [3.8, 4) is 5.69 Å². The Morgan fingerprint density at radius 3 is 2.71 bits per heavy atom. The number of halogens is 4. The fraction of sp³-hybridized carbons (Fsp3) is 0.143. The highest BCUT2D eigenvalue weighted by molar-refractivity contribution is 7.21. The van der Waals surface area contributed by atoms with E-state index in [9.17, 15) is 22.4 Å². The van der Waals surface area contributed by atoms with E-state index in [1.807, 2.05) is 0 Å². The fourth-order valence-corrected chi connectivity index (χ4v) is 4.35. The molecule has 0 bridgehead atoms. The molecule has 0 spiro atoms. The van der Waals surface area contributed by atoms with Crippen LogP contribution in [0, 0.1) is 5.82 Å². The molecule has 10 heteroatoms. The van der Waals surface area contributed by atoms with E-state index in [2.05, 4.69) is 10.4 Å². The maximum absolute atomic E-state index is 14.4. The molecule has 0 aliphatic carbocycles. The van der Waals surface area contributed by atoms with Gasteiger partial charge in [0.1, 0.15) is 5.82 Å². The van der Waals surface area contributed by atoms with E-state index < -0.39 is 23.5 Å². The number of carbonyl (C=O) groups is 1. The van der Waals surface area contributed by atoms with Crippen molar-refractivity contribution in [2.45, 2.75) is 12.8 Å². The smallest absolute Gasteiger partial charge is 0.380 e. The van der Waals surface area contributed by atoms with Gasteiger partial charge in [0, 0.05) is 35.2 Å². The van der Waals surface area contributed by atoms with Crippen LogP contribution in [0.3, 0.4) is 0 Å². The second-order valence-electron chi connectivity index (χ2n) is 6.59. The van der Waals surface area contributed by atoms with E-state index >= 15 is 0 Å². The Morgan fingerprint density at radius 1 is 1.23 bits per heavy atom. The number of hydrogen-bond donors (Lipinski definition) is 1. The average Bonchev–Trinajstić information content (AvgIpc) is 3.37. The summed E-state index contributed by atoms with van der Waals surface area (Å²) in [6, 6.07) is 9.06. The number of hydrogen-bond acceptors (Lipinski definition) is 4. The topological polar surface area (TPSA) is 56.1 Å². The lowest BCUT2D eigenvalue weighted by Crippen LogP contribution is -2.16. The van der Waals surface area contributed by atoms with Gasteiger partial charge in [0.15, 0.2) is 0 Å². The summed E-state index contributed by atoms with van der Waals surface area (Å²) in [7, 11) is 1.41. The normalized spacial score (nSPS) is 11.8. The maximum atomic E-state index is 14.4. The number of benzene rings is 2. The third-order valence-corrected chi connectivity index (χ3v) is 5.78. The van der Waals surface area contributed by atoms with Crippen molar-refractivity contribution >= 4 is 33.0 Å². The summed E-state index contributed by atoms with van der Waals surface area (Å²) < 4.78 is 61.2. The molecule has 0 saturated carbocycles. The SMILES string of the molecule is COCc1c(C(=O)Nc2cc(C(F)(F)F)ccc2-n2cccn2)sc2cccc(F)c12. The predicted octanol–water partition coefficient (Wildman–Crippen LogP) is 5.64. The molecule has 1 amide bonds. The van der Waals surface area contributed by atoms with Gasteiger partial charge in [-0.1, -0.05) is 6.07 Å². The van der Waals surface area contributed by atoms with Crippen LogP contribution in [-0.4, -0.2) is 22.8 Å². The molecule has 4 rings (SSSR count). The molecule has 5 nitrogen and oxygen atoms in total. The first-order valence-corrected chi connectivity index (χ1v) is 9.82. The summed E-state index contributed by atoms with van der Waals surface area (Å²) in [6.45, 7) is -0.0295. The summed E-state index contributed by atoms with van der Waals surface area (Å²) in [5.41, 5.74) is -0.402. The lowest BCUT2D eigenvalue weighted by Gasteiger charge is -2.15. The number of rotatable bonds is 5. The Bertz CT molecular complexity index is 1250. The number of nitrogens with zero attached hydrogens (tertiary/aromatic N) is 2.